The summed E-state index contributed by atoms with van der Waals surface area (Å²) >= 11 is 0. The van der Waals surface area contributed by atoms with Crippen LogP contribution in [0.2, 0.25) is 0 Å². The van der Waals surface area contributed by atoms with Gasteiger partial charge in [-0.3, -0.25) is 4.55 Å². The van der Waals surface area contributed by atoms with Crippen molar-refractivity contribution in [1.29, 1.82) is 0 Å². The van der Waals surface area contributed by atoms with E-state index in [-0.39, 0.29) is 49.2 Å². The van der Waals surface area contributed by atoms with E-state index in [2.05, 4.69) is 13.8 Å². The molecule has 0 fully saturated rings. The second kappa shape index (κ2) is 20.7. The molecular weight excluding hydrogens is 697 g/mol. The Kier molecular flexibility index (Phi) is 17.9. The maximum Gasteiger partial charge on any atom is 2.00 e. The van der Waals surface area contributed by atoms with Crippen LogP contribution in [0.3, 0.4) is 0 Å². The monoisotopic (exact) mass is 738 g/mol. The van der Waals surface area contributed by atoms with E-state index in [9.17, 15) is 36.2 Å². The van der Waals surface area contributed by atoms with Crippen molar-refractivity contribution >= 4 is 58.0 Å². The number of rotatable bonds is 16. The minimum absolute atomic E-state index is 0. The molecule has 2 N–H and O–H groups in total. The quantitative estimate of drug-likeness (QED) is 0.0657. The van der Waals surface area contributed by atoms with E-state index in [1.807, 2.05) is 12.1 Å². The number of para-hydroxylation sites is 2. The summed E-state index contributed by atoms with van der Waals surface area (Å²) < 4.78 is 77.8. The van der Waals surface area contributed by atoms with E-state index >= 15 is 0 Å². The number of phenolic OH excluding ortho intramolecular Hbond substituents is 1. The summed E-state index contributed by atoms with van der Waals surface area (Å²) in [7, 11) is -9.38. The summed E-state index contributed by atoms with van der Waals surface area (Å²) in [6.45, 7) is 4.18. The van der Waals surface area contributed by atoms with E-state index in [4.69, 9.17) is 9.47 Å². The molecule has 0 aliphatic heterocycles. The Hall–Kier alpha value is -2.84. The molecule has 0 saturated heterocycles. The van der Waals surface area contributed by atoms with Crippen LogP contribution in [-0.2, 0) is 33.1 Å². The van der Waals surface area contributed by atoms with Gasteiger partial charge in [0.2, 0.25) is 0 Å². The van der Waals surface area contributed by atoms with E-state index in [0.717, 1.165) is 63.5 Å². The Bertz CT molecular complexity index is 1680. The van der Waals surface area contributed by atoms with Crippen LogP contribution in [0.1, 0.15) is 76.3 Å². The Balaban J connectivity index is 0.000000333. The Morgan fingerprint density at radius 1 is 0.612 bits per heavy atom. The molecule has 4 aromatic rings. The largest absolute Gasteiger partial charge is 2.00 e. The van der Waals surface area contributed by atoms with Gasteiger partial charge in [-0.1, -0.05) is 100 Å². The number of benzene rings is 4. The molecule has 4 aromatic carbocycles. The molecule has 0 atom stereocenters. The van der Waals surface area contributed by atoms with Crippen LogP contribution in [0.4, 0.5) is 0 Å². The topological polar surface area (TPSA) is 173 Å². The van der Waals surface area contributed by atoms with Gasteiger partial charge in [0, 0.05) is 6.07 Å². The predicted octanol–water partition coefficient (Wildman–Crippen LogP) is 7.75. The van der Waals surface area contributed by atoms with Crippen LogP contribution in [0.15, 0.2) is 94.7 Å². The first-order valence-electron chi connectivity index (χ1n) is 15.9. The Labute approximate surface area is 319 Å². The Morgan fingerprint density at radius 2 is 1.04 bits per heavy atom. The van der Waals surface area contributed by atoms with Gasteiger partial charge in [-0.2, -0.15) is 8.42 Å². The number of aromatic hydroxyl groups is 1. The van der Waals surface area contributed by atoms with Gasteiger partial charge in [0.15, 0.2) is 0 Å². The predicted molar refractivity (Wildman–Crippen MR) is 186 cm³/mol. The summed E-state index contributed by atoms with van der Waals surface area (Å²) in [6.07, 6.45) is 8.71. The maximum atomic E-state index is 12.2. The number of phenols is 1. The van der Waals surface area contributed by atoms with E-state index < -0.39 is 41.5 Å². The molecule has 0 amide bonds. The third kappa shape index (κ3) is 14.1. The second-order valence-electron chi connectivity index (χ2n) is 11.2. The van der Waals surface area contributed by atoms with Gasteiger partial charge in [0.25, 0.3) is 10.1 Å². The summed E-state index contributed by atoms with van der Waals surface area (Å²) in [6, 6.07) is 23.0. The van der Waals surface area contributed by atoms with Crippen molar-refractivity contribution in [2.24, 2.45) is 0 Å². The zero-order valence-corrected chi connectivity index (χ0v) is 31.7. The van der Waals surface area contributed by atoms with Gasteiger partial charge in [-0.15, -0.1) is 0 Å². The van der Waals surface area contributed by atoms with Crippen LogP contribution in [0.25, 0.3) is 0 Å². The summed E-state index contributed by atoms with van der Waals surface area (Å²) in [4.78, 5) is -1.28. The standard InChI is InChI=1S/2C18H22O5S.Ca/c2*1-2-3-4-6-9-14-12-16(23-15-10-7-5-8-11-15)13-17(18(14)19)24(20,21)22;/h2*5,7-8,10-13,19H,2-4,6,9H2,1H3,(H,20,21,22);/q;;+2/p-2. The molecule has 10 nitrogen and oxygen atoms in total. The van der Waals surface area contributed by atoms with Crippen molar-refractivity contribution in [2.75, 3.05) is 0 Å². The van der Waals surface area contributed by atoms with Crippen molar-refractivity contribution in [3.05, 3.63) is 96.1 Å². The van der Waals surface area contributed by atoms with Crippen molar-refractivity contribution in [3.63, 3.8) is 0 Å². The van der Waals surface area contributed by atoms with Crippen LogP contribution in [0.5, 0.6) is 34.5 Å². The zero-order valence-electron chi connectivity index (χ0n) is 27.8. The van der Waals surface area contributed by atoms with Gasteiger partial charge in [-0.25, -0.2) is 8.42 Å². The first-order chi connectivity index (χ1) is 22.8. The normalized spacial score (nSPS) is 11.2. The zero-order chi connectivity index (χ0) is 35.2. The number of hydrogen-bond acceptors (Lipinski definition) is 9. The fourth-order valence-electron chi connectivity index (χ4n) is 4.88. The smallest absolute Gasteiger partial charge is 0.871 e. The Morgan fingerprint density at radius 3 is 1.47 bits per heavy atom. The molecule has 0 radical (unpaired) electrons. The number of aryl methyl sites for hydroxylation is 2. The first kappa shape index (κ1) is 42.3. The minimum atomic E-state index is -4.85. The molecule has 0 bridgehead atoms. The average molecular weight is 739 g/mol. The fourth-order valence-corrected chi connectivity index (χ4v) is 6.14. The number of ether oxygens (including phenoxy) is 2. The molecular formula is C36H42CaO10S2. The molecule has 13 heteroatoms. The molecule has 0 spiro atoms. The van der Waals surface area contributed by atoms with Crippen molar-refractivity contribution < 1.29 is 45.6 Å². The van der Waals surface area contributed by atoms with E-state index in [1.165, 1.54) is 6.07 Å². The van der Waals surface area contributed by atoms with Crippen molar-refractivity contribution in [2.45, 2.75) is 87.8 Å². The van der Waals surface area contributed by atoms with Crippen LogP contribution < -0.4 is 14.6 Å². The van der Waals surface area contributed by atoms with Crippen molar-refractivity contribution in [3.8, 4) is 34.5 Å². The molecule has 0 aromatic heterocycles. The summed E-state index contributed by atoms with van der Waals surface area (Å²) in [5, 5.41) is 22.4. The summed E-state index contributed by atoms with van der Waals surface area (Å²) in [5.41, 5.74) is 0.751. The summed E-state index contributed by atoms with van der Waals surface area (Å²) in [5.74, 6) is 0.359. The van der Waals surface area contributed by atoms with Gasteiger partial charge in [0.1, 0.15) is 43.8 Å². The van der Waals surface area contributed by atoms with Crippen molar-refractivity contribution in [1.82, 2.24) is 0 Å². The van der Waals surface area contributed by atoms with Gasteiger partial charge in [-0.05, 0) is 73.7 Å². The maximum absolute atomic E-state index is 12.2. The molecule has 0 heterocycles. The molecule has 49 heavy (non-hydrogen) atoms. The van der Waals surface area contributed by atoms with E-state index in [1.54, 1.807) is 54.6 Å². The molecule has 260 valence electrons. The molecule has 0 saturated carbocycles. The SMILES string of the molecule is CCCCCCc1cc(Oc2ccccc2)cc(S(=O)(=O)O)c1O.CCCCCCc1cc(Oc2ccccc2)cc(S(=O)(=O)[O-])c1[O-].[Ca+2]. The van der Waals surface area contributed by atoms with Crippen LogP contribution >= 0.6 is 0 Å². The minimum Gasteiger partial charge on any atom is -0.871 e. The second-order valence-corrected chi connectivity index (χ2v) is 14.0. The molecule has 0 unspecified atom stereocenters. The number of unbranched alkanes of at least 4 members (excludes halogenated alkanes) is 6. The average Bonchev–Trinajstić information content (AvgIpc) is 3.04. The van der Waals surface area contributed by atoms with Gasteiger partial charge >= 0.3 is 37.7 Å². The third-order valence-electron chi connectivity index (χ3n) is 7.34. The van der Waals surface area contributed by atoms with Gasteiger partial charge in [0.05, 0.1) is 4.90 Å². The van der Waals surface area contributed by atoms with Crippen LogP contribution in [0, 0.1) is 0 Å². The molecule has 0 aliphatic rings. The molecule has 4 rings (SSSR count). The third-order valence-corrected chi connectivity index (χ3v) is 9.05. The number of hydrogen-bond donors (Lipinski definition) is 2. The van der Waals surface area contributed by atoms with Crippen LogP contribution in [-0.4, -0.2) is 68.8 Å². The first-order valence-corrected chi connectivity index (χ1v) is 18.8. The van der Waals surface area contributed by atoms with Gasteiger partial charge < -0.3 is 24.2 Å². The van der Waals surface area contributed by atoms with E-state index in [0.29, 0.717) is 35.5 Å². The fraction of sp³-hybridized carbons (Fsp3) is 0.333. The molecule has 0 aliphatic carbocycles.